The molecule has 94 valence electrons. The van der Waals surface area contributed by atoms with Gasteiger partial charge in [-0.3, -0.25) is 9.78 Å². The lowest BCUT2D eigenvalue weighted by Gasteiger charge is -2.17. The van der Waals surface area contributed by atoms with Gasteiger partial charge in [0.05, 0.1) is 5.52 Å². The summed E-state index contributed by atoms with van der Waals surface area (Å²) in [6.45, 7) is 3.87. The fourth-order valence-electron chi connectivity index (χ4n) is 1.82. The maximum Gasteiger partial charge on any atom is 0.163 e. The molecule has 0 unspecified atom stereocenters. The summed E-state index contributed by atoms with van der Waals surface area (Å²) in [5.74, 6) is 0.126. The van der Waals surface area contributed by atoms with Crippen molar-refractivity contribution in [1.29, 1.82) is 0 Å². The molecule has 2 rings (SSSR count). The van der Waals surface area contributed by atoms with Gasteiger partial charge in [-0.2, -0.15) is 0 Å². The summed E-state index contributed by atoms with van der Waals surface area (Å²) in [5, 5.41) is 1.05. The largest absolute Gasteiger partial charge is 0.326 e. The van der Waals surface area contributed by atoms with E-state index in [1.54, 1.807) is 6.20 Å². The summed E-state index contributed by atoms with van der Waals surface area (Å²) >= 11 is 0. The van der Waals surface area contributed by atoms with Crippen LogP contribution in [-0.2, 0) is 0 Å². The number of carbonyl (C=O) groups is 1. The first kappa shape index (κ1) is 12.7. The molecule has 2 N–H and O–H groups in total. The molecule has 0 spiro atoms. The van der Waals surface area contributed by atoms with Crippen molar-refractivity contribution in [2.24, 2.45) is 5.73 Å². The zero-order valence-corrected chi connectivity index (χ0v) is 10.8. The van der Waals surface area contributed by atoms with Gasteiger partial charge in [0.1, 0.15) is 0 Å². The van der Waals surface area contributed by atoms with Gasteiger partial charge >= 0.3 is 0 Å². The van der Waals surface area contributed by atoms with Crippen LogP contribution in [0.5, 0.6) is 0 Å². The average molecular weight is 242 g/mol. The van der Waals surface area contributed by atoms with E-state index in [0.717, 1.165) is 10.9 Å². The summed E-state index contributed by atoms with van der Waals surface area (Å²) in [4.78, 5) is 16.3. The highest BCUT2D eigenvalue weighted by Crippen LogP contribution is 2.16. The Morgan fingerprint density at radius 2 is 2.11 bits per heavy atom. The Labute approximate surface area is 107 Å². The van der Waals surface area contributed by atoms with Gasteiger partial charge in [0.2, 0.25) is 0 Å². The number of nitrogens with two attached hydrogens (primary N) is 1. The molecule has 1 heterocycles. The molecule has 1 aromatic heterocycles. The van der Waals surface area contributed by atoms with Gasteiger partial charge in [0, 0.05) is 29.1 Å². The lowest BCUT2D eigenvalue weighted by molar-refractivity contribution is 0.0972. The Hall–Kier alpha value is -1.74. The van der Waals surface area contributed by atoms with E-state index in [4.69, 9.17) is 5.73 Å². The van der Waals surface area contributed by atoms with Crippen molar-refractivity contribution >= 4 is 16.7 Å². The van der Waals surface area contributed by atoms with Crippen molar-refractivity contribution in [1.82, 2.24) is 4.98 Å². The Morgan fingerprint density at radius 1 is 1.33 bits per heavy atom. The smallest absolute Gasteiger partial charge is 0.163 e. The number of hydrogen-bond acceptors (Lipinski definition) is 3. The lowest BCUT2D eigenvalue weighted by Crippen LogP contribution is -2.32. The number of benzene rings is 1. The molecule has 0 bridgehead atoms. The van der Waals surface area contributed by atoms with Gasteiger partial charge in [-0.25, -0.2) is 0 Å². The number of rotatable bonds is 4. The van der Waals surface area contributed by atoms with Gasteiger partial charge in [0.15, 0.2) is 5.78 Å². The molecule has 0 amide bonds. The number of fused-ring (bicyclic) bond motifs is 1. The molecule has 3 nitrogen and oxygen atoms in total. The van der Waals surface area contributed by atoms with Crippen molar-refractivity contribution in [2.75, 3.05) is 0 Å². The summed E-state index contributed by atoms with van der Waals surface area (Å²) in [7, 11) is 0. The summed E-state index contributed by atoms with van der Waals surface area (Å²) in [6, 6.07) is 9.51. The predicted octanol–water partition coefficient (Wildman–Crippen LogP) is 2.94. The predicted molar refractivity (Wildman–Crippen MR) is 73.6 cm³/mol. The first-order valence-electron chi connectivity index (χ1n) is 6.13. The standard InChI is InChI=1S/C15H18N2O/c1-15(2,16)8-7-14(18)12-6-5-11-4-3-9-17-13(11)10-12/h3-6,9-10H,7-8,16H2,1-2H3. The van der Waals surface area contributed by atoms with E-state index in [0.29, 0.717) is 18.4 Å². The highest BCUT2D eigenvalue weighted by atomic mass is 16.1. The van der Waals surface area contributed by atoms with Crippen molar-refractivity contribution < 1.29 is 4.79 Å². The molecule has 18 heavy (non-hydrogen) atoms. The molecule has 1 aromatic carbocycles. The minimum absolute atomic E-state index is 0.126. The Bertz CT molecular complexity index is 570. The number of ketones is 1. The molecular formula is C15H18N2O. The molecule has 0 fully saturated rings. The normalized spacial score (nSPS) is 11.7. The molecule has 2 aromatic rings. The van der Waals surface area contributed by atoms with Crippen LogP contribution in [0.4, 0.5) is 0 Å². The maximum atomic E-state index is 12.1. The minimum Gasteiger partial charge on any atom is -0.326 e. The van der Waals surface area contributed by atoms with E-state index >= 15 is 0 Å². The molecule has 0 saturated carbocycles. The number of nitrogens with zero attached hydrogens (tertiary/aromatic N) is 1. The third-order valence-electron chi connectivity index (χ3n) is 2.92. The van der Waals surface area contributed by atoms with Gasteiger partial charge in [-0.05, 0) is 32.4 Å². The highest BCUT2D eigenvalue weighted by molar-refractivity contribution is 5.99. The van der Waals surface area contributed by atoms with E-state index in [9.17, 15) is 4.79 Å². The van der Waals surface area contributed by atoms with Crippen LogP contribution in [0.3, 0.4) is 0 Å². The zero-order valence-electron chi connectivity index (χ0n) is 10.8. The Balaban J connectivity index is 2.18. The van der Waals surface area contributed by atoms with Crippen molar-refractivity contribution in [3.8, 4) is 0 Å². The lowest BCUT2D eigenvalue weighted by atomic mass is 9.95. The molecule has 3 heteroatoms. The van der Waals surface area contributed by atoms with Crippen LogP contribution in [0.25, 0.3) is 10.9 Å². The van der Waals surface area contributed by atoms with E-state index in [1.165, 1.54) is 0 Å². The molecule has 0 radical (unpaired) electrons. The highest BCUT2D eigenvalue weighted by Gasteiger charge is 2.14. The minimum atomic E-state index is -0.301. The average Bonchev–Trinajstić information content (AvgIpc) is 2.34. The van der Waals surface area contributed by atoms with Gasteiger partial charge < -0.3 is 5.73 Å². The van der Waals surface area contributed by atoms with E-state index in [-0.39, 0.29) is 11.3 Å². The van der Waals surface area contributed by atoms with Crippen LogP contribution in [0.1, 0.15) is 37.0 Å². The van der Waals surface area contributed by atoms with Crippen LogP contribution in [0.2, 0.25) is 0 Å². The van der Waals surface area contributed by atoms with Crippen molar-refractivity contribution in [2.45, 2.75) is 32.2 Å². The Morgan fingerprint density at radius 3 is 2.83 bits per heavy atom. The van der Waals surface area contributed by atoms with Crippen molar-refractivity contribution in [3.05, 3.63) is 42.1 Å². The maximum absolute atomic E-state index is 12.1. The first-order chi connectivity index (χ1) is 8.46. The van der Waals surface area contributed by atoms with Gasteiger partial charge in [-0.1, -0.05) is 18.2 Å². The third kappa shape index (κ3) is 3.14. The van der Waals surface area contributed by atoms with Crippen LogP contribution in [0.15, 0.2) is 36.5 Å². The summed E-state index contributed by atoms with van der Waals surface area (Å²) in [6.07, 6.45) is 2.90. The molecular weight excluding hydrogens is 224 g/mol. The second kappa shape index (κ2) is 4.86. The number of Topliss-reactive ketones (excluding diaryl/α,β-unsaturated/α-hetero) is 1. The fraction of sp³-hybridized carbons (Fsp3) is 0.333. The first-order valence-corrected chi connectivity index (χ1v) is 6.13. The number of hydrogen-bond donors (Lipinski definition) is 1. The molecule has 0 atom stereocenters. The SMILES string of the molecule is CC(C)(N)CCC(=O)c1ccc2cccnc2c1. The summed E-state index contributed by atoms with van der Waals surface area (Å²) < 4.78 is 0. The van der Waals surface area contributed by atoms with Crippen molar-refractivity contribution in [3.63, 3.8) is 0 Å². The van der Waals surface area contributed by atoms with E-state index in [2.05, 4.69) is 4.98 Å². The zero-order chi connectivity index (χ0) is 13.2. The molecule has 0 aliphatic rings. The van der Waals surface area contributed by atoms with Crippen LogP contribution in [0, 0.1) is 0 Å². The number of carbonyl (C=O) groups excluding carboxylic acids is 1. The number of aromatic nitrogens is 1. The molecule has 0 aliphatic carbocycles. The van der Waals surface area contributed by atoms with E-state index < -0.39 is 0 Å². The van der Waals surface area contributed by atoms with Crippen LogP contribution < -0.4 is 5.73 Å². The van der Waals surface area contributed by atoms with Crippen LogP contribution in [-0.4, -0.2) is 16.3 Å². The number of pyridine rings is 1. The van der Waals surface area contributed by atoms with Crippen LogP contribution >= 0.6 is 0 Å². The second-order valence-electron chi connectivity index (χ2n) is 5.32. The summed E-state index contributed by atoms with van der Waals surface area (Å²) in [5.41, 5.74) is 7.16. The molecule has 0 saturated heterocycles. The molecule has 0 aliphatic heterocycles. The second-order valence-corrected chi connectivity index (χ2v) is 5.32. The van der Waals surface area contributed by atoms with Gasteiger partial charge in [-0.15, -0.1) is 0 Å². The Kier molecular flexibility index (Phi) is 3.43. The van der Waals surface area contributed by atoms with E-state index in [1.807, 2.05) is 44.2 Å². The quantitative estimate of drug-likeness (QED) is 0.839. The topological polar surface area (TPSA) is 56.0 Å². The van der Waals surface area contributed by atoms with Gasteiger partial charge in [0.25, 0.3) is 0 Å². The fourth-order valence-corrected chi connectivity index (χ4v) is 1.82. The monoisotopic (exact) mass is 242 g/mol. The third-order valence-corrected chi connectivity index (χ3v) is 2.92.